The van der Waals surface area contributed by atoms with Crippen LogP contribution in [0, 0.1) is 5.92 Å². The van der Waals surface area contributed by atoms with E-state index in [0.717, 1.165) is 19.7 Å². The maximum Gasteiger partial charge on any atom is 0.0679 e. The van der Waals surface area contributed by atoms with Crippen LogP contribution in [0.2, 0.25) is 0 Å². The van der Waals surface area contributed by atoms with E-state index in [9.17, 15) is 0 Å². The Labute approximate surface area is 166 Å². The van der Waals surface area contributed by atoms with Crippen LogP contribution in [-0.4, -0.2) is 47.9 Å². The fourth-order valence-corrected chi connectivity index (χ4v) is 5.28. The second-order valence-corrected chi connectivity index (χ2v) is 8.72. The minimum absolute atomic E-state index is 0.431. The van der Waals surface area contributed by atoms with Gasteiger partial charge in [0.1, 0.15) is 0 Å². The fraction of sp³-hybridized carbons (Fsp3) is 0.667. The number of benzene rings is 1. The summed E-state index contributed by atoms with van der Waals surface area (Å²) in [5.41, 5.74) is 2.68. The van der Waals surface area contributed by atoms with E-state index in [0.29, 0.717) is 24.0 Å². The lowest BCUT2D eigenvalue weighted by atomic mass is 9.82. The van der Waals surface area contributed by atoms with E-state index >= 15 is 0 Å². The molecule has 148 valence electrons. The van der Waals surface area contributed by atoms with Gasteiger partial charge in [-0.15, -0.1) is 0 Å². The Morgan fingerprint density at radius 2 is 2.11 bits per heavy atom. The van der Waals surface area contributed by atoms with Gasteiger partial charge in [-0.2, -0.15) is 5.10 Å². The zero-order valence-corrected chi connectivity index (χ0v) is 17.3. The summed E-state index contributed by atoms with van der Waals surface area (Å²) in [5, 5.41) is 9.14. The van der Waals surface area contributed by atoms with Crippen molar-refractivity contribution in [3.8, 4) is 0 Å². The third kappa shape index (κ3) is 4.50. The Morgan fingerprint density at radius 1 is 1.26 bits per heavy atom. The smallest absolute Gasteiger partial charge is 0.0679 e. The average Bonchev–Trinajstić information content (AvgIpc) is 3.08. The predicted molar refractivity (Wildman–Crippen MR) is 113 cm³/mol. The monoisotopic (exact) mass is 388 g/mol. The van der Waals surface area contributed by atoms with Crippen molar-refractivity contribution in [1.29, 1.82) is 0 Å². The molecule has 2 aliphatic rings. The van der Waals surface area contributed by atoms with Crippen LogP contribution in [0.25, 0.3) is 10.9 Å². The number of ether oxygens (including phenoxy) is 1. The highest BCUT2D eigenvalue weighted by Gasteiger charge is 2.28. The Morgan fingerprint density at radius 3 is 2.93 bits per heavy atom. The van der Waals surface area contributed by atoms with Crippen LogP contribution < -0.4 is 10.0 Å². The van der Waals surface area contributed by atoms with Gasteiger partial charge in [0.25, 0.3) is 0 Å². The van der Waals surface area contributed by atoms with Crippen LogP contribution in [0.3, 0.4) is 0 Å². The Hall–Kier alpha value is -1.08. The molecule has 0 radical (unpaired) electrons. The maximum absolute atomic E-state index is 6.35. The topological polar surface area (TPSA) is 51.1 Å². The van der Waals surface area contributed by atoms with Crippen LogP contribution >= 0.6 is 11.9 Å². The van der Waals surface area contributed by atoms with E-state index in [1.807, 2.05) is 17.9 Å². The van der Waals surface area contributed by atoms with Crippen molar-refractivity contribution in [2.24, 2.45) is 13.0 Å². The van der Waals surface area contributed by atoms with Gasteiger partial charge in [0, 0.05) is 30.9 Å². The number of fused-ring (bicyclic) bond motifs is 1. The highest BCUT2D eigenvalue weighted by Crippen LogP contribution is 2.35. The van der Waals surface area contributed by atoms with E-state index in [-0.39, 0.29) is 0 Å². The molecule has 6 heteroatoms. The normalized spacial score (nSPS) is 29.3. The zero-order valence-electron chi connectivity index (χ0n) is 16.5. The summed E-state index contributed by atoms with van der Waals surface area (Å²) >= 11 is 1.73. The molecule has 0 amide bonds. The lowest BCUT2D eigenvalue weighted by Gasteiger charge is -2.34. The van der Waals surface area contributed by atoms with E-state index in [2.05, 4.69) is 39.6 Å². The Bertz CT molecular complexity index is 739. The lowest BCUT2D eigenvalue weighted by Crippen LogP contribution is -2.47. The van der Waals surface area contributed by atoms with Gasteiger partial charge in [-0.3, -0.25) is 9.40 Å². The molecular weight excluding hydrogens is 356 g/mol. The van der Waals surface area contributed by atoms with E-state index < -0.39 is 0 Å². The molecule has 5 nitrogen and oxygen atoms in total. The van der Waals surface area contributed by atoms with Crippen LogP contribution in [0.5, 0.6) is 0 Å². The molecule has 2 N–H and O–H groups in total. The number of nitrogens with one attached hydrogen (secondary N) is 2. The summed E-state index contributed by atoms with van der Waals surface area (Å²) in [4.78, 5) is 0. The van der Waals surface area contributed by atoms with Crippen molar-refractivity contribution >= 4 is 22.9 Å². The first kappa shape index (κ1) is 19.2. The van der Waals surface area contributed by atoms with Gasteiger partial charge in [0.15, 0.2) is 0 Å². The molecule has 2 unspecified atom stereocenters. The molecule has 2 atom stereocenters. The quantitative estimate of drug-likeness (QED) is 0.742. The first-order valence-corrected chi connectivity index (χ1v) is 11.5. The maximum atomic E-state index is 6.35. The van der Waals surface area contributed by atoms with Crippen molar-refractivity contribution in [3.63, 3.8) is 0 Å². The number of hydrogen-bond donors (Lipinski definition) is 2. The second-order valence-electron chi connectivity index (χ2n) is 8.07. The summed E-state index contributed by atoms with van der Waals surface area (Å²) in [6, 6.07) is 7.42. The molecule has 2 fully saturated rings. The molecule has 2 heterocycles. The minimum Gasteiger partial charge on any atom is -0.378 e. The highest BCUT2D eigenvalue weighted by molar-refractivity contribution is 7.96. The molecule has 0 bridgehead atoms. The van der Waals surface area contributed by atoms with E-state index in [1.165, 1.54) is 48.6 Å². The van der Waals surface area contributed by atoms with E-state index in [1.54, 1.807) is 11.9 Å². The third-order valence-electron chi connectivity index (χ3n) is 6.34. The molecule has 0 spiro atoms. The summed E-state index contributed by atoms with van der Waals surface area (Å²) < 4.78 is 11.9. The van der Waals surface area contributed by atoms with Crippen molar-refractivity contribution in [1.82, 2.24) is 19.8 Å². The lowest BCUT2D eigenvalue weighted by molar-refractivity contribution is -0.00384. The standard InChI is InChI=1S/C21H32N4OS/c1-25-21-8-5-16(11-17(21)13-23-25)15-3-6-19(7-4-15)26-14-18-12-22-10-9-20(18)24-27-2/h5,8,11,13,15,18-20,22,24H,3-4,6-7,9-10,12,14H2,1-2H3. The second kappa shape index (κ2) is 8.95. The van der Waals surface area contributed by atoms with Crippen molar-refractivity contribution in [2.75, 3.05) is 26.0 Å². The molecule has 1 saturated carbocycles. The van der Waals surface area contributed by atoms with Crippen LogP contribution in [0.15, 0.2) is 24.4 Å². The van der Waals surface area contributed by atoms with Crippen molar-refractivity contribution in [2.45, 2.75) is 50.2 Å². The predicted octanol–water partition coefficient (Wildman–Crippen LogP) is 3.46. The van der Waals surface area contributed by atoms with Crippen molar-refractivity contribution in [3.05, 3.63) is 30.0 Å². The minimum atomic E-state index is 0.431. The summed E-state index contributed by atoms with van der Waals surface area (Å²) in [6.45, 7) is 3.06. The van der Waals surface area contributed by atoms with Crippen molar-refractivity contribution < 1.29 is 4.74 Å². The Balaban J connectivity index is 1.28. The molecular formula is C21H32N4OS. The molecule has 1 saturated heterocycles. The fourth-order valence-electron chi connectivity index (χ4n) is 4.66. The summed E-state index contributed by atoms with van der Waals surface area (Å²) in [5.74, 6) is 1.24. The largest absolute Gasteiger partial charge is 0.378 e. The molecule has 4 rings (SSSR count). The SMILES string of the molecule is CSNC1CCNCC1COC1CCC(c2ccc3c(cnn3C)c2)CC1. The highest BCUT2D eigenvalue weighted by atomic mass is 32.2. The number of hydrogen-bond acceptors (Lipinski definition) is 5. The van der Waals surface area contributed by atoms with Gasteiger partial charge in [-0.1, -0.05) is 18.0 Å². The number of rotatable bonds is 6. The molecule has 27 heavy (non-hydrogen) atoms. The van der Waals surface area contributed by atoms with Gasteiger partial charge < -0.3 is 10.1 Å². The molecule has 1 aliphatic carbocycles. The number of aryl methyl sites for hydroxylation is 1. The van der Waals surface area contributed by atoms with Gasteiger partial charge in [0.05, 0.1) is 24.4 Å². The van der Waals surface area contributed by atoms with Crippen LogP contribution in [-0.2, 0) is 11.8 Å². The number of aromatic nitrogens is 2. The number of piperidine rings is 1. The van der Waals surface area contributed by atoms with Crippen LogP contribution in [0.1, 0.15) is 43.6 Å². The van der Waals surface area contributed by atoms with Gasteiger partial charge in [-0.05, 0) is 68.5 Å². The summed E-state index contributed by atoms with van der Waals surface area (Å²) in [6.07, 6.45) is 10.5. The van der Waals surface area contributed by atoms with Gasteiger partial charge in [-0.25, -0.2) is 0 Å². The molecule has 1 aliphatic heterocycles. The molecule has 1 aromatic carbocycles. The number of nitrogens with zero attached hydrogens (tertiary/aromatic N) is 2. The average molecular weight is 389 g/mol. The zero-order chi connectivity index (χ0) is 18.6. The first-order valence-electron chi connectivity index (χ1n) is 10.3. The van der Waals surface area contributed by atoms with E-state index in [4.69, 9.17) is 4.74 Å². The third-order valence-corrected chi connectivity index (χ3v) is 6.88. The molecule has 2 aromatic rings. The van der Waals surface area contributed by atoms with Gasteiger partial charge in [0.2, 0.25) is 0 Å². The Kier molecular flexibility index (Phi) is 6.38. The van der Waals surface area contributed by atoms with Gasteiger partial charge >= 0.3 is 0 Å². The van der Waals surface area contributed by atoms with Crippen LogP contribution in [0.4, 0.5) is 0 Å². The summed E-state index contributed by atoms with van der Waals surface area (Å²) in [7, 11) is 2.01. The molecule has 1 aromatic heterocycles. The first-order chi connectivity index (χ1) is 13.2.